The monoisotopic (exact) mass is 338 g/mol. The SMILES string of the molecule is CCC[C@H]1C(CCC(=O)O)[C@H]2C1[C@H](O)[C@H](CC)[C@@H]1C[C@H](O)CC[C@H]21. The highest BCUT2D eigenvalue weighted by molar-refractivity contribution is 5.66. The molecule has 0 heterocycles. The van der Waals surface area contributed by atoms with Crippen molar-refractivity contribution >= 4 is 5.97 Å². The highest BCUT2D eigenvalue weighted by Gasteiger charge is 2.62. The molecule has 0 saturated heterocycles. The predicted octanol–water partition coefficient (Wildman–Crippen LogP) is 3.31. The number of hydrogen-bond donors (Lipinski definition) is 3. The van der Waals surface area contributed by atoms with E-state index in [1.165, 1.54) is 0 Å². The molecule has 0 aromatic carbocycles. The summed E-state index contributed by atoms with van der Waals surface area (Å²) >= 11 is 0. The van der Waals surface area contributed by atoms with Crippen molar-refractivity contribution in [2.45, 2.75) is 77.4 Å². The minimum absolute atomic E-state index is 0.215. The largest absolute Gasteiger partial charge is 0.481 e. The summed E-state index contributed by atoms with van der Waals surface area (Å²) in [5.41, 5.74) is 0. The Balaban J connectivity index is 1.83. The molecule has 2 unspecified atom stereocenters. The van der Waals surface area contributed by atoms with E-state index >= 15 is 0 Å². The van der Waals surface area contributed by atoms with Gasteiger partial charge in [0, 0.05) is 6.42 Å². The summed E-state index contributed by atoms with van der Waals surface area (Å²) in [6, 6.07) is 0. The van der Waals surface area contributed by atoms with Gasteiger partial charge in [0.15, 0.2) is 0 Å². The van der Waals surface area contributed by atoms with Crippen LogP contribution in [-0.4, -0.2) is 33.5 Å². The van der Waals surface area contributed by atoms with E-state index in [2.05, 4.69) is 13.8 Å². The molecule has 0 aromatic rings. The van der Waals surface area contributed by atoms with Gasteiger partial charge in [0.05, 0.1) is 12.2 Å². The molecule has 0 bridgehead atoms. The van der Waals surface area contributed by atoms with Crippen LogP contribution in [0.3, 0.4) is 0 Å². The summed E-state index contributed by atoms with van der Waals surface area (Å²) < 4.78 is 0. The third-order valence-electron chi connectivity index (χ3n) is 7.57. The van der Waals surface area contributed by atoms with Crippen molar-refractivity contribution < 1.29 is 20.1 Å². The van der Waals surface area contributed by atoms with Crippen molar-refractivity contribution in [1.29, 1.82) is 0 Å². The molecular formula is C20H34O4. The molecule has 3 N–H and O–H groups in total. The van der Waals surface area contributed by atoms with Crippen molar-refractivity contribution in [3.05, 3.63) is 0 Å². The first-order valence-electron chi connectivity index (χ1n) is 10.1. The Bertz CT molecular complexity index is 449. The van der Waals surface area contributed by atoms with Crippen molar-refractivity contribution in [3.63, 3.8) is 0 Å². The van der Waals surface area contributed by atoms with Gasteiger partial charge in [0.2, 0.25) is 0 Å². The molecule has 3 fully saturated rings. The van der Waals surface area contributed by atoms with Crippen LogP contribution in [0.1, 0.15) is 65.2 Å². The molecule has 3 aliphatic carbocycles. The Morgan fingerprint density at radius 1 is 0.958 bits per heavy atom. The fraction of sp³-hybridized carbons (Fsp3) is 0.950. The minimum atomic E-state index is -0.702. The Hall–Kier alpha value is -0.610. The van der Waals surface area contributed by atoms with Crippen LogP contribution in [0.25, 0.3) is 0 Å². The predicted molar refractivity (Wildman–Crippen MR) is 92.4 cm³/mol. The van der Waals surface area contributed by atoms with Gasteiger partial charge >= 0.3 is 5.97 Å². The van der Waals surface area contributed by atoms with Gasteiger partial charge in [-0.15, -0.1) is 0 Å². The molecule has 4 nitrogen and oxygen atoms in total. The Morgan fingerprint density at radius 2 is 1.67 bits per heavy atom. The molecule has 0 aromatic heterocycles. The first-order chi connectivity index (χ1) is 11.5. The van der Waals surface area contributed by atoms with E-state index in [9.17, 15) is 15.0 Å². The van der Waals surface area contributed by atoms with E-state index in [0.29, 0.717) is 41.4 Å². The second kappa shape index (κ2) is 7.33. The average Bonchev–Trinajstić information content (AvgIpc) is 2.52. The summed E-state index contributed by atoms with van der Waals surface area (Å²) in [5.74, 6) is 2.42. The third-order valence-corrected chi connectivity index (χ3v) is 7.57. The number of aliphatic carboxylic acids is 1. The summed E-state index contributed by atoms with van der Waals surface area (Å²) in [4.78, 5) is 11.1. The molecule has 0 spiro atoms. The first kappa shape index (κ1) is 18.2. The quantitative estimate of drug-likeness (QED) is 0.694. The van der Waals surface area contributed by atoms with Gasteiger partial charge in [-0.1, -0.05) is 33.1 Å². The number of fused-ring (bicyclic) bond motifs is 3. The summed E-state index contributed by atoms with van der Waals surface area (Å²) in [6.07, 6.45) is 6.49. The van der Waals surface area contributed by atoms with Crippen LogP contribution in [-0.2, 0) is 4.79 Å². The molecule has 0 amide bonds. The van der Waals surface area contributed by atoms with E-state index in [-0.39, 0.29) is 18.6 Å². The van der Waals surface area contributed by atoms with Crippen LogP contribution >= 0.6 is 0 Å². The number of aliphatic hydroxyl groups excluding tert-OH is 2. The Labute approximate surface area is 145 Å². The minimum Gasteiger partial charge on any atom is -0.481 e. The van der Waals surface area contributed by atoms with Crippen molar-refractivity contribution in [2.24, 2.45) is 41.4 Å². The van der Waals surface area contributed by atoms with Crippen LogP contribution < -0.4 is 0 Å². The molecule has 4 heteroatoms. The topological polar surface area (TPSA) is 77.8 Å². The number of carboxylic acids is 1. The van der Waals surface area contributed by atoms with Gasteiger partial charge in [0.1, 0.15) is 0 Å². The molecule has 0 radical (unpaired) electrons. The molecule has 9 atom stereocenters. The maximum Gasteiger partial charge on any atom is 0.303 e. The number of hydrogen-bond acceptors (Lipinski definition) is 3. The second-order valence-corrected chi connectivity index (χ2v) is 8.56. The fourth-order valence-corrected chi connectivity index (χ4v) is 6.78. The maximum atomic E-state index is 11.1. The van der Waals surface area contributed by atoms with Gasteiger partial charge in [-0.2, -0.15) is 0 Å². The van der Waals surface area contributed by atoms with E-state index in [1.807, 2.05) is 0 Å². The van der Waals surface area contributed by atoms with Crippen LogP contribution in [0.5, 0.6) is 0 Å². The lowest BCUT2D eigenvalue weighted by molar-refractivity contribution is -0.215. The molecule has 138 valence electrons. The highest BCUT2D eigenvalue weighted by atomic mass is 16.4. The van der Waals surface area contributed by atoms with Gasteiger partial charge in [-0.05, 0) is 67.1 Å². The molecule has 0 aliphatic heterocycles. The zero-order valence-corrected chi connectivity index (χ0v) is 15.1. The molecule has 3 aliphatic rings. The van der Waals surface area contributed by atoms with E-state index in [1.54, 1.807) is 0 Å². The van der Waals surface area contributed by atoms with Crippen LogP contribution in [0.4, 0.5) is 0 Å². The lowest BCUT2D eigenvalue weighted by atomic mass is 9.41. The van der Waals surface area contributed by atoms with E-state index in [0.717, 1.165) is 44.9 Å². The lowest BCUT2D eigenvalue weighted by Crippen LogP contribution is -2.64. The molecule has 24 heavy (non-hydrogen) atoms. The zero-order chi connectivity index (χ0) is 17.4. The fourth-order valence-electron chi connectivity index (χ4n) is 6.78. The first-order valence-corrected chi connectivity index (χ1v) is 10.1. The number of rotatable bonds is 6. The van der Waals surface area contributed by atoms with Crippen LogP contribution in [0, 0.1) is 41.4 Å². The average molecular weight is 338 g/mol. The summed E-state index contributed by atoms with van der Waals surface area (Å²) in [6.45, 7) is 4.36. The maximum absolute atomic E-state index is 11.1. The third kappa shape index (κ3) is 3.01. The standard InChI is InChI=1S/C20H34O4/c1-3-5-13-14(8-9-17(22)23)18-15-7-6-11(21)10-16(15)12(4-2)20(24)19(13)18/h11-16,18-21,24H,3-10H2,1-2H3,(H,22,23)/t11-,12-,13+,14?,15+,16+,18-,19?,20-/m1/s1. The van der Waals surface area contributed by atoms with Crippen LogP contribution in [0.2, 0.25) is 0 Å². The smallest absolute Gasteiger partial charge is 0.303 e. The Kier molecular flexibility index (Phi) is 5.55. The van der Waals surface area contributed by atoms with Gasteiger partial charge in [0.25, 0.3) is 0 Å². The Morgan fingerprint density at radius 3 is 2.29 bits per heavy atom. The van der Waals surface area contributed by atoms with E-state index < -0.39 is 5.97 Å². The van der Waals surface area contributed by atoms with Crippen molar-refractivity contribution in [3.8, 4) is 0 Å². The van der Waals surface area contributed by atoms with Crippen LogP contribution in [0.15, 0.2) is 0 Å². The number of carboxylic acid groups (broad SMARTS) is 1. The zero-order valence-electron chi connectivity index (χ0n) is 15.1. The molecule has 3 saturated carbocycles. The van der Waals surface area contributed by atoms with Gasteiger partial charge in [-0.3, -0.25) is 4.79 Å². The normalized spacial score (nSPS) is 47.4. The van der Waals surface area contributed by atoms with Crippen molar-refractivity contribution in [1.82, 2.24) is 0 Å². The lowest BCUT2D eigenvalue weighted by Gasteiger charge is -2.65. The number of aliphatic hydroxyl groups is 2. The molecular weight excluding hydrogens is 304 g/mol. The summed E-state index contributed by atoms with van der Waals surface area (Å²) in [5, 5.41) is 30.3. The highest BCUT2D eigenvalue weighted by Crippen LogP contribution is 2.64. The van der Waals surface area contributed by atoms with Gasteiger partial charge in [-0.25, -0.2) is 0 Å². The molecule has 3 rings (SSSR count). The number of carbonyl (C=O) groups is 1. The van der Waals surface area contributed by atoms with E-state index in [4.69, 9.17) is 5.11 Å². The van der Waals surface area contributed by atoms with Gasteiger partial charge < -0.3 is 15.3 Å². The summed E-state index contributed by atoms with van der Waals surface area (Å²) in [7, 11) is 0. The van der Waals surface area contributed by atoms with Crippen molar-refractivity contribution in [2.75, 3.05) is 0 Å². The second-order valence-electron chi connectivity index (χ2n) is 8.56.